The van der Waals surface area contributed by atoms with E-state index in [-0.39, 0.29) is 0 Å². The lowest BCUT2D eigenvalue weighted by molar-refractivity contribution is 1.37. The van der Waals surface area contributed by atoms with Crippen LogP contribution in [0.3, 0.4) is 0 Å². The van der Waals surface area contributed by atoms with Gasteiger partial charge in [-0.05, 0) is 266 Å². The number of aryl methyl sites for hydroxylation is 16. The van der Waals surface area contributed by atoms with Gasteiger partial charge in [0.05, 0.1) is 0 Å². The third-order valence-corrected chi connectivity index (χ3v) is 20.2. The van der Waals surface area contributed by atoms with Crippen LogP contribution in [0.2, 0.25) is 0 Å². The van der Waals surface area contributed by atoms with E-state index in [0.717, 1.165) is 0 Å². The molecule has 0 bridgehead atoms. The summed E-state index contributed by atoms with van der Waals surface area (Å²) in [6, 6.07) is 108. The minimum Gasteiger partial charge on any atom is -0.135 e. The predicted molar refractivity (Wildman–Crippen MR) is 451 cm³/mol. The van der Waals surface area contributed by atoms with Gasteiger partial charge in [0.15, 0.2) is 0 Å². The van der Waals surface area contributed by atoms with Crippen molar-refractivity contribution in [1.82, 2.24) is 0 Å². The van der Waals surface area contributed by atoms with Crippen LogP contribution in [0.5, 0.6) is 0 Å². The average Bonchev–Trinajstić information content (AvgIpc) is 1.64. The topological polar surface area (TPSA) is 0 Å². The molecule has 0 unspecified atom stereocenters. The molecule has 1 heteroatoms. The van der Waals surface area contributed by atoms with Crippen LogP contribution < -0.4 is 0 Å². The fraction of sp³-hybridized carbons (Fsp3) is 0.160. The zero-order valence-electron chi connectivity index (χ0n) is 62.3. The highest BCUT2D eigenvalue weighted by Crippen LogP contribution is 2.35. The molecule has 0 aliphatic carbocycles. The molecule has 1 aromatic heterocycles. The molecule has 0 saturated carbocycles. The molecule has 0 radical (unpaired) electrons. The third kappa shape index (κ3) is 19.2. The van der Waals surface area contributed by atoms with Crippen molar-refractivity contribution in [3.63, 3.8) is 0 Å². The number of fused-ring (bicyclic) bond motifs is 9. The van der Waals surface area contributed by atoms with Gasteiger partial charge in [-0.25, -0.2) is 0 Å². The Morgan fingerprint density at radius 3 is 0.990 bits per heavy atom. The maximum Gasteiger partial charge on any atom is 0.0355 e. The van der Waals surface area contributed by atoms with Crippen LogP contribution in [0.25, 0.3) is 95.9 Å². The van der Waals surface area contributed by atoms with Crippen molar-refractivity contribution < 1.29 is 0 Å². The van der Waals surface area contributed by atoms with Crippen LogP contribution in [0, 0.1) is 111 Å². The van der Waals surface area contributed by atoms with Crippen LogP contribution in [0.15, 0.2) is 303 Å². The molecule has 0 nitrogen and oxygen atoms in total. The minimum atomic E-state index is 1.30. The van der Waals surface area contributed by atoms with Crippen molar-refractivity contribution in [2.24, 2.45) is 0 Å². The molecular weight excluding hydrogens is 1230 g/mol. The summed E-state index contributed by atoms with van der Waals surface area (Å²) in [5.74, 6) is 0. The normalized spacial score (nSPS) is 10.6. The van der Waals surface area contributed by atoms with Crippen molar-refractivity contribution in [2.45, 2.75) is 111 Å². The first-order valence-corrected chi connectivity index (χ1v) is 36.3. The average molecular weight is 1330 g/mol. The molecule has 504 valence electrons. The Labute approximate surface area is 606 Å². The van der Waals surface area contributed by atoms with E-state index in [9.17, 15) is 0 Å². The van der Waals surface area contributed by atoms with E-state index in [2.05, 4.69) is 414 Å². The highest BCUT2D eigenvalue weighted by Gasteiger charge is 2.07. The van der Waals surface area contributed by atoms with Crippen LogP contribution in [-0.4, -0.2) is 0 Å². The van der Waals surface area contributed by atoms with Gasteiger partial charge in [0.25, 0.3) is 0 Å². The molecule has 16 aromatic carbocycles. The largest absolute Gasteiger partial charge is 0.135 e. The van der Waals surface area contributed by atoms with Gasteiger partial charge in [0, 0.05) is 20.2 Å². The van der Waals surface area contributed by atoms with Gasteiger partial charge in [0.1, 0.15) is 0 Å². The smallest absolute Gasteiger partial charge is 0.0355 e. The Morgan fingerprint density at radius 2 is 0.505 bits per heavy atom. The summed E-state index contributed by atoms with van der Waals surface area (Å²) in [7, 11) is 0. The SMILES string of the molecule is Cc1cc(C)c2ccccc2c1.Cc1cc2ccccc2cc1C.Cc1ccc(C)c(-c2ccccc2)c1.Cc1ccc(C)c2ccccc12.Cc1ccc2cc(C)ccc2c1.Cc1ccc2sc3ccc(C)cc3c2c1.Cc1cccc2c(C)cccc12.Cc1cccc2cccc(C)c12. The van der Waals surface area contributed by atoms with Gasteiger partial charge in [-0.15, -0.1) is 11.3 Å². The van der Waals surface area contributed by atoms with Crippen molar-refractivity contribution in [1.29, 1.82) is 0 Å². The lowest BCUT2D eigenvalue weighted by atomic mass is 9.99. The molecule has 1 heterocycles. The molecule has 0 aliphatic heterocycles. The number of hydrogen-bond donors (Lipinski definition) is 0. The summed E-state index contributed by atoms with van der Waals surface area (Å²) in [5.41, 5.74) is 24.2. The first kappa shape index (κ1) is 73.0. The van der Waals surface area contributed by atoms with E-state index >= 15 is 0 Å². The maximum absolute atomic E-state index is 2.29. The lowest BCUT2D eigenvalue weighted by Crippen LogP contribution is -1.83. The van der Waals surface area contributed by atoms with Crippen molar-refractivity contribution in [3.8, 4) is 11.1 Å². The second kappa shape index (κ2) is 34.4. The quantitative estimate of drug-likeness (QED) is 0.154. The zero-order valence-corrected chi connectivity index (χ0v) is 63.1. The summed E-state index contributed by atoms with van der Waals surface area (Å²) >= 11 is 1.88. The van der Waals surface area contributed by atoms with Gasteiger partial charge in [0.2, 0.25) is 0 Å². The summed E-state index contributed by atoms with van der Waals surface area (Å²) in [6.07, 6.45) is 0. The lowest BCUT2D eigenvalue weighted by Gasteiger charge is -2.06. The molecule has 17 aromatic rings. The van der Waals surface area contributed by atoms with E-state index in [1.165, 1.54) is 185 Å². The number of thiophene rings is 1. The van der Waals surface area contributed by atoms with Crippen LogP contribution in [0.1, 0.15) is 89.0 Å². The van der Waals surface area contributed by atoms with Crippen LogP contribution >= 0.6 is 11.3 Å². The fourth-order valence-electron chi connectivity index (χ4n) is 13.3. The van der Waals surface area contributed by atoms with Gasteiger partial charge in [-0.1, -0.05) is 312 Å². The Bertz CT molecular complexity index is 5370. The van der Waals surface area contributed by atoms with E-state index in [0.29, 0.717) is 0 Å². The van der Waals surface area contributed by atoms with Crippen LogP contribution in [0.4, 0.5) is 0 Å². The zero-order chi connectivity index (χ0) is 71.7. The second-order valence-corrected chi connectivity index (χ2v) is 28.5. The standard InChI is InChI=1S/C14H12S.C14H14.6C12H12/c1-9-3-5-13-11(7-9)12-8-10(2)4-6-14(12)15-13;1-11-8-9-12(2)14(10-11)13-6-4-3-5-7-13;1-9-3-5-12-8-10(2)4-6-11(12)7-9;1-9-5-3-8-12-10(2)6-4-7-11(9)12;1-9-5-3-7-11-8-4-6-10(2)12(9)11;1-9-7-11-5-3-4-6-12(11)8-10(9)2;1-9-7-10(2)12-6-4-3-5-11(12)8-9;1-9-7-8-10(2)12-6-4-3-5-11(9)12/h3-8H,1-2H3;3-10H,1-2H3;6*3-8H,1-2H3. The van der Waals surface area contributed by atoms with Gasteiger partial charge in [-0.3, -0.25) is 0 Å². The third-order valence-electron chi connectivity index (χ3n) is 19.0. The molecule has 0 N–H and O–H groups in total. The second-order valence-electron chi connectivity index (χ2n) is 27.5. The highest BCUT2D eigenvalue weighted by atomic mass is 32.1. The number of benzene rings is 16. The molecule has 0 fully saturated rings. The summed E-state index contributed by atoms with van der Waals surface area (Å²) < 4.78 is 2.78. The van der Waals surface area contributed by atoms with Crippen molar-refractivity contribution >= 4 is 96.1 Å². The number of hydrogen-bond acceptors (Lipinski definition) is 1. The molecule has 0 saturated heterocycles. The monoisotopic (exact) mass is 1330 g/mol. The van der Waals surface area contributed by atoms with Gasteiger partial charge >= 0.3 is 0 Å². The molecule has 17 rings (SSSR count). The van der Waals surface area contributed by atoms with Crippen LogP contribution in [-0.2, 0) is 0 Å². The van der Waals surface area contributed by atoms with Crippen molar-refractivity contribution in [3.05, 3.63) is 392 Å². The van der Waals surface area contributed by atoms with Gasteiger partial charge < -0.3 is 0 Å². The number of rotatable bonds is 1. The molecule has 101 heavy (non-hydrogen) atoms. The van der Waals surface area contributed by atoms with Crippen molar-refractivity contribution in [2.75, 3.05) is 0 Å². The maximum atomic E-state index is 2.29. The first-order valence-electron chi connectivity index (χ1n) is 35.4. The van der Waals surface area contributed by atoms with E-state index in [1.54, 1.807) is 0 Å². The predicted octanol–water partition coefficient (Wildman–Crippen LogP) is 29.4. The Morgan fingerprint density at radius 1 is 0.168 bits per heavy atom. The summed E-state index contributed by atoms with van der Waals surface area (Å²) in [5, 5.41) is 19.1. The fourth-order valence-corrected chi connectivity index (χ4v) is 14.3. The minimum absolute atomic E-state index is 1.30. The molecule has 0 amide bonds. The summed E-state index contributed by atoms with van der Waals surface area (Å²) in [6.45, 7) is 34.4. The Hall–Kier alpha value is -10.7. The molecule has 0 spiro atoms. The Balaban J connectivity index is 0.000000125. The molecule has 0 atom stereocenters. The molecular formula is C100H98S. The van der Waals surface area contributed by atoms with E-state index in [4.69, 9.17) is 0 Å². The highest BCUT2D eigenvalue weighted by molar-refractivity contribution is 7.25. The Kier molecular flexibility index (Phi) is 24.9. The summed E-state index contributed by atoms with van der Waals surface area (Å²) in [4.78, 5) is 0. The van der Waals surface area contributed by atoms with Gasteiger partial charge in [-0.2, -0.15) is 0 Å². The molecule has 0 aliphatic rings. The van der Waals surface area contributed by atoms with E-state index in [1.807, 2.05) is 11.3 Å². The van der Waals surface area contributed by atoms with E-state index < -0.39 is 0 Å². The first-order chi connectivity index (χ1) is 48.7.